The second-order valence-electron chi connectivity index (χ2n) is 11.1. The van der Waals surface area contributed by atoms with Gasteiger partial charge in [-0.1, -0.05) is 30.3 Å². The van der Waals surface area contributed by atoms with Crippen molar-refractivity contribution in [3.63, 3.8) is 0 Å². The molecule has 2 amide bonds. The first kappa shape index (κ1) is 25.3. The van der Waals surface area contributed by atoms with Gasteiger partial charge in [-0.3, -0.25) is 9.59 Å². The SMILES string of the molecule is CC1CN(c2cccc3c2CN(C(=O)Cn2ccc4ccccc42)CC3)CCN1C(=O)Cn1cnc2cccnc21. The van der Waals surface area contributed by atoms with Gasteiger partial charge in [-0.05, 0) is 60.2 Å². The van der Waals surface area contributed by atoms with Crippen molar-refractivity contribution in [2.24, 2.45) is 0 Å². The van der Waals surface area contributed by atoms with E-state index in [1.165, 1.54) is 16.8 Å². The molecule has 1 unspecified atom stereocenters. The van der Waals surface area contributed by atoms with Crippen molar-refractivity contribution >= 4 is 39.6 Å². The number of para-hydroxylation sites is 1. The molecule has 208 valence electrons. The first-order valence-corrected chi connectivity index (χ1v) is 14.3. The summed E-state index contributed by atoms with van der Waals surface area (Å²) >= 11 is 0. The van der Waals surface area contributed by atoms with Crippen molar-refractivity contribution < 1.29 is 9.59 Å². The zero-order valence-corrected chi connectivity index (χ0v) is 23.2. The Balaban J connectivity index is 1.04. The Morgan fingerprint density at radius 1 is 0.878 bits per heavy atom. The van der Waals surface area contributed by atoms with Crippen molar-refractivity contribution in [1.82, 2.24) is 28.9 Å². The van der Waals surface area contributed by atoms with Crippen LogP contribution < -0.4 is 4.90 Å². The quantitative estimate of drug-likeness (QED) is 0.335. The number of anilines is 1. The van der Waals surface area contributed by atoms with Gasteiger partial charge in [-0.15, -0.1) is 0 Å². The summed E-state index contributed by atoms with van der Waals surface area (Å²) in [5, 5.41) is 1.15. The maximum atomic E-state index is 13.4. The topological polar surface area (TPSA) is 79.5 Å². The third-order valence-corrected chi connectivity index (χ3v) is 8.56. The fourth-order valence-electron chi connectivity index (χ4n) is 6.39. The second kappa shape index (κ2) is 10.4. The number of fused-ring (bicyclic) bond motifs is 3. The average Bonchev–Trinajstić information content (AvgIpc) is 3.60. The van der Waals surface area contributed by atoms with Crippen LogP contribution in [0.2, 0.25) is 0 Å². The van der Waals surface area contributed by atoms with E-state index in [1.807, 2.05) is 49.4 Å². The third kappa shape index (κ3) is 4.71. The average molecular weight is 548 g/mol. The Morgan fingerprint density at radius 2 is 1.76 bits per heavy atom. The molecule has 3 aromatic heterocycles. The molecule has 9 nitrogen and oxygen atoms in total. The number of hydrogen-bond donors (Lipinski definition) is 0. The molecule has 1 saturated heterocycles. The highest BCUT2D eigenvalue weighted by molar-refractivity contribution is 5.84. The molecule has 5 aromatic rings. The van der Waals surface area contributed by atoms with Gasteiger partial charge >= 0.3 is 0 Å². The molecule has 1 fully saturated rings. The zero-order chi connectivity index (χ0) is 27.9. The largest absolute Gasteiger partial charge is 0.367 e. The van der Waals surface area contributed by atoms with Crippen molar-refractivity contribution in [3.05, 3.63) is 90.5 Å². The number of benzene rings is 2. The van der Waals surface area contributed by atoms with E-state index in [4.69, 9.17) is 0 Å². The van der Waals surface area contributed by atoms with Crippen molar-refractivity contribution in [3.8, 4) is 0 Å². The van der Waals surface area contributed by atoms with Gasteiger partial charge in [0.05, 0.1) is 6.33 Å². The summed E-state index contributed by atoms with van der Waals surface area (Å²) in [6.07, 6.45) is 6.27. The molecule has 9 heteroatoms. The van der Waals surface area contributed by atoms with Gasteiger partial charge in [0, 0.05) is 62.4 Å². The molecule has 41 heavy (non-hydrogen) atoms. The first-order chi connectivity index (χ1) is 20.0. The van der Waals surface area contributed by atoms with Crippen LogP contribution in [0.25, 0.3) is 22.1 Å². The number of carbonyl (C=O) groups excluding carboxylic acids is 2. The number of imidazole rings is 1. The summed E-state index contributed by atoms with van der Waals surface area (Å²) in [6, 6.07) is 20.5. The number of carbonyl (C=O) groups is 2. The number of rotatable bonds is 5. The number of hydrogen-bond acceptors (Lipinski definition) is 5. The Labute approximate surface area is 238 Å². The summed E-state index contributed by atoms with van der Waals surface area (Å²) < 4.78 is 3.87. The molecule has 0 aliphatic carbocycles. The standard InChI is InChI=1S/C32H33N7O2/c1-23-18-36(16-17-39(23)31(41)21-38-22-34-27-8-5-13-33-32(27)38)29-10-4-7-24-11-15-37(19-26(24)29)30(40)20-35-14-12-25-6-2-3-9-28(25)35/h2-10,12-14,22-23H,11,15-21H2,1H3. The fraction of sp³-hybridized carbons (Fsp3) is 0.312. The van der Waals surface area contributed by atoms with Crippen LogP contribution >= 0.6 is 0 Å². The smallest absolute Gasteiger partial charge is 0.242 e. The van der Waals surface area contributed by atoms with Gasteiger partial charge in [-0.2, -0.15) is 0 Å². The summed E-state index contributed by atoms with van der Waals surface area (Å²) in [7, 11) is 0. The van der Waals surface area contributed by atoms with Gasteiger partial charge in [0.15, 0.2) is 5.65 Å². The van der Waals surface area contributed by atoms with Crippen molar-refractivity contribution in [1.29, 1.82) is 0 Å². The Kier molecular flexibility index (Phi) is 6.41. The van der Waals surface area contributed by atoms with E-state index < -0.39 is 0 Å². The van der Waals surface area contributed by atoms with E-state index in [0.29, 0.717) is 19.6 Å². The number of piperazine rings is 1. The number of nitrogens with zero attached hydrogens (tertiary/aromatic N) is 7. The normalized spacial score (nSPS) is 17.3. The summed E-state index contributed by atoms with van der Waals surface area (Å²) in [5.74, 6) is 0.212. The van der Waals surface area contributed by atoms with E-state index in [-0.39, 0.29) is 24.4 Å². The van der Waals surface area contributed by atoms with Crippen LogP contribution in [0.15, 0.2) is 79.4 Å². The number of aromatic nitrogens is 4. The highest BCUT2D eigenvalue weighted by Crippen LogP contribution is 2.31. The van der Waals surface area contributed by atoms with Gasteiger partial charge < -0.3 is 23.8 Å². The lowest BCUT2D eigenvalue weighted by molar-refractivity contribution is -0.134. The lowest BCUT2D eigenvalue weighted by atomic mass is 9.96. The molecule has 0 radical (unpaired) electrons. The van der Waals surface area contributed by atoms with Crippen LogP contribution in [0.4, 0.5) is 5.69 Å². The van der Waals surface area contributed by atoms with Crippen LogP contribution in [-0.2, 0) is 35.6 Å². The van der Waals surface area contributed by atoms with Crippen LogP contribution in [0, 0.1) is 0 Å². The van der Waals surface area contributed by atoms with E-state index in [9.17, 15) is 9.59 Å². The van der Waals surface area contributed by atoms with Crippen LogP contribution in [0.5, 0.6) is 0 Å². The highest BCUT2D eigenvalue weighted by Gasteiger charge is 2.31. The lowest BCUT2D eigenvalue weighted by Gasteiger charge is -2.42. The molecule has 0 spiro atoms. The predicted octanol–water partition coefficient (Wildman–Crippen LogP) is 3.71. The molecule has 0 saturated carbocycles. The molecule has 0 N–H and O–H groups in total. The second-order valence-corrected chi connectivity index (χ2v) is 11.1. The van der Waals surface area contributed by atoms with Crippen LogP contribution in [0.1, 0.15) is 18.1 Å². The molecule has 5 heterocycles. The highest BCUT2D eigenvalue weighted by atomic mass is 16.2. The monoisotopic (exact) mass is 547 g/mol. The summed E-state index contributed by atoms with van der Waals surface area (Å²) in [4.78, 5) is 41.9. The molecule has 1 atom stereocenters. The first-order valence-electron chi connectivity index (χ1n) is 14.3. The minimum Gasteiger partial charge on any atom is -0.367 e. The third-order valence-electron chi connectivity index (χ3n) is 8.56. The molecule has 2 aliphatic rings. The molecule has 2 aromatic carbocycles. The Morgan fingerprint density at radius 3 is 2.66 bits per heavy atom. The van der Waals surface area contributed by atoms with Crippen molar-refractivity contribution in [2.75, 3.05) is 31.1 Å². The van der Waals surface area contributed by atoms with Gasteiger partial charge in [0.1, 0.15) is 18.6 Å². The van der Waals surface area contributed by atoms with Gasteiger partial charge in [-0.25, -0.2) is 9.97 Å². The molecule has 2 aliphatic heterocycles. The minimum atomic E-state index is 0.0539. The Hall–Kier alpha value is -4.66. The van der Waals surface area contributed by atoms with E-state index >= 15 is 0 Å². The molecule has 7 rings (SSSR count). The maximum absolute atomic E-state index is 13.4. The maximum Gasteiger partial charge on any atom is 0.242 e. The van der Waals surface area contributed by atoms with Crippen LogP contribution in [0.3, 0.4) is 0 Å². The lowest BCUT2D eigenvalue weighted by Crippen LogP contribution is -2.55. The minimum absolute atomic E-state index is 0.0539. The van der Waals surface area contributed by atoms with Crippen molar-refractivity contribution in [2.45, 2.75) is 39.0 Å². The zero-order valence-electron chi connectivity index (χ0n) is 23.2. The molecular formula is C32H33N7O2. The molecular weight excluding hydrogens is 514 g/mol. The van der Waals surface area contributed by atoms with E-state index in [2.05, 4.69) is 58.2 Å². The summed E-state index contributed by atoms with van der Waals surface area (Å²) in [6.45, 7) is 6.15. The predicted molar refractivity (Wildman–Crippen MR) is 158 cm³/mol. The van der Waals surface area contributed by atoms with Crippen LogP contribution in [-0.4, -0.2) is 72.9 Å². The van der Waals surface area contributed by atoms with E-state index in [1.54, 1.807) is 12.5 Å². The Bertz CT molecular complexity index is 1760. The van der Waals surface area contributed by atoms with Gasteiger partial charge in [0.2, 0.25) is 11.8 Å². The summed E-state index contributed by atoms with van der Waals surface area (Å²) in [5.41, 5.74) is 6.32. The number of amides is 2. The van der Waals surface area contributed by atoms with E-state index in [0.717, 1.165) is 48.1 Å². The fourth-order valence-corrected chi connectivity index (χ4v) is 6.39. The number of pyridine rings is 1. The molecule has 0 bridgehead atoms. The van der Waals surface area contributed by atoms with Gasteiger partial charge in [0.25, 0.3) is 0 Å².